The maximum atomic E-state index is 12.1. The standard InChI is InChI=1S/C28H51NO7.C19H36N2O7/c1-2-36-23-17-18-24(30)21-22-25(28(34)35)29-26(31)19-15-13-11-9-7-5-3-4-6-8-10-12-14-16-20-27(32)33;1-3-16(17(23)13-22)7-5-6-8-20-19(25)15-28-12-11-27-10-9-21-18(24)14-26-4-2/h25H,2-23H2,1H3,(H,29,31)(H,32,33)(H,34,35);16,22H,3-15H2,1-2H3,(H,20,25)(H,21,24)/t25-;16-/m00/s1. The fourth-order valence-electron chi connectivity index (χ4n) is 6.56. The summed E-state index contributed by atoms with van der Waals surface area (Å²) in [5, 5.41) is 34.8. The van der Waals surface area contributed by atoms with Crippen LogP contribution in [-0.4, -0.2) is 135 Å². The molecule has 0 aliphatic rings. The van der Waals surface area contributed by atoms with Crippen LogP contribution in [0, 0.1) is 5.92 Å². The third kappa shape index (κ3) is 45.1. The van der Waals surface area contributed by atoms with Gasteiger partial charge in [-0.1, -0.05) is 90.4 Å². The highest BCUT2D eigenvalue weighted by Crippen LogP contribution is 2.15. The molecule has 6 N–H and O–H groups in total. The summed E-state index contributed by atoms with van der Waals surface area (Å²) >= 11 is 0. The van der Waals surface area contributed by atoms with Crippen LogP contribution >= 0.6 is 0 Å². The normalized spacial score (nSPS) is 11.8. The summed E-state index contributed by atoms with van der Waals surface area (Å²) in [5.41, 5.74) is 0. The van der Waals surface area contributed by atoms with Gasteiger partial charge in [0.1, 0.15) is 31.6 Å². The Morgan fingerprint density at radius 2 is 1.02 bits per heavy atom. The van der Waals surface area contributed by atoms with Crippen molar-refractivity contribution in [2.24, 2.45) is 5.92 Å². The molecule has 0 rings (SSSR count). The number of carbonyl (C=O) groups excluding carboxylic acids is 5. The van der Waals surface area contributed by atoms with Crippen LogP contribution < -0.4 is 16.0 Å². The van der Waals surface area contributed by atoms with Crippen molar-refractivity contribution in [3.05, 3.63) is 0 Å². The van der Waals surface area contributed by atoms with Gasteiger partial charge in [-0.2, -0.15) is 0 Å². The largest absolute Gasteiger partial charge is 0.481 e. The predicted molar refractivity (Wildman–Crippen MR) is 245 cm³/mol. The molecule has 17 heteroatoms. The fourth-order valence-corrected chi connectivity index (χ4v) is 6.56. The SMILES string of the molecule is CCOCC(=O)NCCOCCOCC(=O)NCCCC[C@H](CC)C(=O)CO.CCOCCCC(=O)CC[C@H](NC(=O)CCCCCCCCCCCCCCCCC(=O)O)C(=O)O. The molecular formula is C47H87N3O14. The van der Waals surface area contributed by atoms with E-state index in [-0.39, 0.29) is 67.7 Å². The number of aliphatic carboxylic acids is 2. The van der Waals surface area contributed by atoms with Crippen molar-refractivity contribution in [1.82, 2.24) is 16.0 Å². The van der Waals surface area contributed by atoms with Crippen LogP contribution in [0.15, 0.2) is 0 Å². The third-order valence-corrected chi connectivity index (χ3v) is 10.4. The number of hydrogen-bond donors (Lipinski definition) is 6. The van der Waals surface area contributed by atoms with Crippen molar-refractivity contribution in [2.45, 2.75) is 181 Å². The second-order valence-corrected chi connectivity index (χ2v) is 15.9. The van der Waals surface area contributed by atoms with E-state index in [1.165, 1.54) is 44.9 Å². The molecule has 0 aliphatic carbocycles. The highest BCUT2D eigenvalue weighted by molar-refractivity contribution is 5.85. The van der Waals surface area contributed by atoms with Crippen molar-refractivity contribution in [3.63, 3.8) is 0 Å². The fraction of sp³-hybridized carbons (Fsp3) is 0.851. The number of carboxylic acids is 2. The van der Waals surface area contributed by atoms with Crippen molar-refractivity contribution in [2.75, 3.05) is 72.6 Å². The number of hydrogen-bond acceptors (Lipinski definition) is 12. The van der Waals surface area contributed by atoms with Gasteiger partial charge in [0, 0.05) is 64.5 Å². The molecule has 0 fully saturated rings. The number of ketones is 2. The average Bonchev–Trinajstić information content (AvgIpc) is 3.27. The lowest BCUT2D eigenvalue weighted by atomic mass is 9.95. The Morgan fingerprint density at radius 3 is 1.55 bits per heavy atom. The maximum absolute atomic E-state index is 12.1. The molecule has 0 saturated carbocycles. The minimum atomic E-state index is -1.10. The smallest absolute Gasteiger partial charge is 0.326 e. The molecule has 0 aliphatic heterocycles. The molecule has 0 radical (unpaired) electrons. The summed E-state index contributed by atoms with van der Waals surface area (Å²) in [4.78, 5) is 80.2. The van der Waals surface area contributed by atoms with Gasteiger partial charge >= 0.3 is 11.9 Å². The van der Waals surface area contributed by atoms with Crippen molar-refractivity contribution >= 4 is 41.2 Å². The number of Topliss-reactive ketones (excluding diaryl/α,β-unsaturated/α-hetero) is 2. The Kier molecular flexibility index (Phi) is 46.4. The number of ether oxygens (including phenoxy) is 4. The van der Waals surface area contributed by atoms with Gasteiger partial charge in [0.05, 0.1) is 19.8 Å². The van der Waals surface area contributed by atoms with Gasteiger partial charge in [-0.05, 0) is 58.8 Å². The van der Waals surface area contributed by atoms with E-state index in [9.17, 15) is 38.7 Å². The summed E-state index contributed by atoms with van der Waals surface area (Å²) in [6, 6.07) is -1.01. The Bertz CT molecular complexity index is 1210. The average molecular weight is 918 g/mol. The number of unbranched alkanes of at least 4 members (excludes halogenated alkanes) is 14. The number of amides is 3. The van der Waals surface area contributed by atoms with E-state index >= 15 is 0 Å². The van der Waals surface area contributed by atoms with Gasteiger partial charge < -0.3 is 50.2 Å². The topological polar surface area (TPSA) is 253 Å². The summed E-state index contributed by atoms with van der Waals surface area (Å²) in [6.45, 7) is 8.83. The van der Waals surface area contributed by atoms with Gasteiger partial charge in [0.15, 0.2) is 5.78 Å². The van der Waals surface area contributed by atoms with Gasteiger partial charge in [0.2, 0.25) is 17.7 Å². The number of nitrogens with one attached hydrogen (secondary N) is 3. The van der Waals surface area contributed by atoms with Gasteiger partial charge in [-0.3, -0.25) is 28.8 Å². The highest BCUT2D eigenvalue weighted by atomic mass is 16.5. The van der Waals surface area contributed by atoms with Gasteiger partial charge in [-0.25, -0.2) is 4.79 Å². The first-order chi connectivity index (χ1) is 30.9. The second kappa shape index (κ2) is 47.5. The molecule has 374 valence electrons. The molecule has 0 bridgehead atoms. The minimum Gasteiger partial charge on any atom is -0.481 e. The first-order valence-corrected chi connectivity index (χ1v) is 24.1. The molecule has 0 aromatic carbocycles. The monoisotopic (exact) mass is 918 g/mol. The lowest BCUT2D eigenvalue weighted by molar-refractivity contribution is -0.142. The number of rotatable bonds is 46. The zero-order chi connectivity index (χ0) is 47.9. The zero-order valence-corrected chi connectivity index (χ0v) is 39.7. The van der Waals surface area contributed by atoms with Crippen LogP contribution in [-0.2, 0) is 52.5 Å². The Hall–Kier alpha value is -3.51. The second-order valence-electron chi connectivity index (χ2n) is 15.9. The van der Waals surface area contributed by atoms with E-state index in [1.54, 1.807) is 0 Å². The molecular weight excluding hydrogens is 831 g/mol. The van der Waals surface area contributed by atoms with Crippen LogP contribution in [0.2, 0.25) is 0 Å². The third-order valence-electron chi connectivity index (χ3n) is 10.4. The molecule has 64 heavy (non-hydrogen) atoms. The lowest BCUT2D eigenvalue weighted by Gasteiger charge is -2.14. The van der Waals surface area contributed by atoms with Crippen LogP contribution in [0.1, 0.15) is 175 Å². The van der Waals surface area contributed by atoms with E-state index in [0.717, 1.165) is 70.6 Å². The molecule has 17 nitrogen and oxygen atoms in total. The molecule has 0 unspecified atom stereocenters. The summed E-state index contributed by atoms with van der Waals surface area (Å²) in [5.74, 6) is -2.63. The van der Waals surface area contributed by atoms with E-state index in [0.29, 0.717) is 72.0 Å². The van der Waals surface area contributed by atoms with E-state index < -0.39 is 24.6 Å². The Morgan fingerprint density at radius 1 is 0.484 bits per heavy atom. The minimum absolute atomic E-state index is 0.000154. The van der Waals surface area contributed by atoms with Crippen LogP contribution in [0.25, 0.3) is 0 Å². The van der Waals surface area contributed by atoms with Gasteiger partial charge in [-0.15, -0.1) is 0 Å². The molecule has 2 atom stereocenters. The Labute approximate surface area is 383 Å². The first-order valence-electron chi connectivity index (χ1n) is 24.1. The zero-order valence-electron chi connectivity index (χ0n) is 39.7. The van der Waals surface area contributed by atoms with Crippen molar-refractivity contribution in [1.29, 1.82) is 0 Å². The first kappa shape index (κ1) is 62.6. The summed E-state index contributed by atoms with van der Waals surface area (Å²) in [7, 11) is 0. The van der Waals surface area contributed by atoms with Gasteiger partial charge in [0.25, 0.3) is 0 Å². The molecule has 0 heterocycles. The highest BCUT2D eigenvalue weighted by Gasteiger charge is 2.21. The van der Waals surface area contributed by atoms with Crippen molar-refractivity contribution < 1.29 is 67.8 Å². The maximum Gasteiger partial charge on any atom is 0.326 e. The molecule has 0 aromatic heterocycles. The molecule has 0 aromatic rings. The number of carboxylic acid groups (broad SMARTS) is 2. The quantitative estimate of drug-likeness (QED) is 0.0378. The summed E-state index contributed by atoms with van der Waals surface area (Å²) < 4.78 is 20.7. The number of aliphatic hydroxyl groups is 1. The molecule has 0 spiro atoms. The number of aliphatic hydroxyl groups excluding tert-OH is 1. The number of carbonyl (C=O) groups is 7. The van der Waals surface area contributed by atoms with E-state index in [1.807, 2.05) is 20.8 Å². The summed E-state index contributed by atoms with van der Waals surface area (Å²) in [6.07, 6.45) is 20.5. The van der Waals surface area contributed by atoms with Crippen LogP contribution in [0.5, 0.6) is 0 Å². The van der Waals surface area contributed by atoms with Crippen LogP contribution in [0.3, 0.4) is 0 Å². The Balaban J connectivity index is 0. The molecule has 3 amide bonds. The molecule has 0 saturated heterocycles. The van der Waals surface area contributed by atoms with E-state index in [4.69, 9.17) is 29.2 Å². The van der Waals surface area contributed by atoms with Crippen molar-refractivity contribution in [3.8, 4) is 0 Å². The van der Waals surface area contributed by atoms with Crippen LogP contribution in [0.4, 0.5) is 0 Å². The van der Waals surface area contributed by atoms with E-state index in [2.05, 4.69) is 16.0 Å². The predicted octanol–water partition coefficient (Wildman–Crippen LogP) is 6.09. The lowest BCUT2D eigenvalue weighted by Crippen LogP contribution is -2.41.